The van der Waals surface area contributed by atoms with Gasteiger partial charge in [0.25, 0.3) is 5.91 Å². The third-order valence-electron chi connectivity index (χ3n) is 3.66. The van der Waals surface area contributed by atoms with Gasteiger partial charge in [0.15, 0.2) is 0 Å². The second-order valence-electron chi connectivity index (χ2n) is 5.32. The van der Waals surface area contributed by atoms with Crippen LogP contribution < -0.4 is 10.6 Å². The molecule has 0 saturated heterocycles. The molecule has 2 N–H and O–H groups in total. The lowest BCUT2D eigenvalue weighted by Crippen LogP contribution is -2.29. The van der Waals surface area contributed by atoms with Gasteiger partial charge in [0.2, 0.25) is 0 Å². The van der Waals surface area contributed by atoms with E-state index in [1.807, 2.05) is 24.5 Å². The Labute approximate surface area is 144 Å². The molecule has 0 saturated carbocycles. The van der Waals surface area contributed by atoms with Crippen LogP contribution in [0.3, 0.4) is 0 Å². The molecule has 25 heavy (non-hydrogen) atoms. The predicted octanol–water partition coefficient (Wildman–Crippen LogP) is 0.911. The minimum atomic E-state index is -0.261. The molecule has 0 aliphatic rings. The van der Waals surface area contributed by atoms with Crippen LogP contribution in [0, 0.1) is 13.8 Å². The number of rotatable bonds is 6. The largest absolute Gasteiger partial charge is 0.368 e. The van der Waals surface area contributed by atoms with Gasteiger partial charge in [0, 0.05) is 37.2 Å². The Hall–Kier alpha value is -3.36. The Balaban J connectivity index is 1.55. The Kier molecular flexibility index (Phi) is 4.93. The fourth-order valence-corrected chi connectivity index (χ4v) is 2.18. The number of aryl methyl sites for hydroxylation is 1. The summed E-state index contributed by atoms with van der Waals surface area (Å²) in [6.07, 6.45) is 7.65. The van der Waals surface area contributed by atoms with E-state index in [0.29, 0.717) is 18.9 Å². The summed E-state index contributed by atoms with van der Waals surface area (Å²) in [6, 6.07) is 1.83. The van der Waals surface area contributed by atoms with Crippen molar-refractivity contribution in [2.75, 3.05) is 18.4 Å². The van der Waals surface area contributed by atoms with Crippen molar-refractivity contribution in [2.24, 2.45) is 0 Å². The van der Waals surface area contributed by atoms with E-state index in [9.17, 15) is 4.79 Å². The van der Waals surface area contributed by atoms with Crippen LogP contribution in [-0.4, -0.2) is 48.5 Å². The summed E-state index contributed by atoms with van der Waals surface area (Å²) in [5.41, 5.74) is 2.28. The van der Waals surface area contributed by atoms with Gasteiger partial charge in [0.05, 0.1) is 11.9 Å². The van der Waals surface area contributed by atoms with Gasteiger partial charge in [-0.25, -0.2) is 19.9 Å². The van der Waals surface area contributed by atoms with Crippen LogP contribution in [0.15, 0.2) is 37.3 Å². The summed E-state index contributed by atoms with van der Waals surface area (Å²) in [6.45, 7) is 4.88. The molecule has 0 spiro atoms. The second kappa shape index (κ2) is 7.47. The Morgan fingerprint density at radius 2 is 2.00 bits per heavy atom. The molecule has 3 heterocycles. The van der Waals surface area contributed by atoms with Crippen LogP contribution in [0.4, 0.5) is 5.82 Å². The highest BCUT2D eigenvalue weighted by atomic mass is 16.1. The van der Waals surface area contributed by atoms with E-state index in [0.717, 1.165) is 17.2 Å². The number of carbonyl (C=O) groups is 1. The summed E-state index contributed by atoms with van der Waals surface area (Å²) in [4.78, 5) is 32.4. The van der Waals surface area contributed by atoms with Gasteiger partial charge in [-0.15, -0.1) is 0 Å². The molecular weight excluding hydrogens is 320 g/mol. The first kappa shape index (κ1) is 16.5. The zero-order valence-electron chi connectivity index (χ0n) is 14.0. The van der Waals surface area contributed by atoms with E-state index in [2.05, 4.69) is 35.6 Å². The molecule has 0 bridgehead atoms. The molecule has 0 fully saturated rings. The van der Waals surface area contributed by atoms with Crippen molar-refractivity contribution in [2.45, 2.75) is 13.8 Å². The molecule has 9 heteroatoms. The minimum Gasteiger partial charge on any atom is -0.368 e. The van der Waals surface area contributed by atoms with E-state index >= 15 is 0 Å². The van der Waals surface area contributed by atoms with Crippen molar-refractivity contribution in [3.63, 3.8) is 0 Å². The smallest absolute Gasteiger partial charge is 0.271 e. The number of hydrogen-bond acceptors (Lipinski definition) is 7. The molecule has 1 amide bonds. The van der Waals surface area contributed by atoms with Crippen LogP contribution >= 0.6 is 0 Å². The Morgan fingerprint density at radius 3 is 2.72 bits per heavy atom. The van der Waals surface area contributed by atoms with Crippen LogP contribution in [0.25, 0.3) is 5.82 Å². The first-order valence-electron chi connectivity index (χ1n) is 7.76. The highest BCUT2D eigenvalue weighted by Crippen LogP contribution is 2.13. The van der Waals surface area contributed by atoms with Crippen LogP contribution in [0.5, 0.6) is 0 Å². The van der Waals surface area contributed by atoms with Crippen molar-refractivity contribution >= 4 is 11.7 Å². The fourth-order valence-electron chi connectivity index (χ4n) is 2.18. The van der Waals surface area contributed by atoms with Crippen molar-refractivity contribution in [3.05, 3.63) is 54.4 Å². The van der Waals surface area contributed by atoms with Gasteiger partial charge >= 0.3 is 0 Å². The second-order valence-corrected chi connectivity index (χ2v) is 5.32. The van der Waals surface area contributed by atoms with Crippen LogP contribution in [-0.2, 0) is 0 Å². The lowest BCUT2D eigenvalue weighted by Gasteiger charge is -2.09. The van der Waals surface area contributed by atoms with E-state index in [1.54, 1.807) is 6.33 Å². The quantitative estimate of drug-likeness (QED) is 0.643. The van der Waals surface area contributed by atoms with Crippen LogP contribution in [0.1, 0.15) is 21.9 Å². The summed E-state index contributed by atoms with van der Waals surface area (Å²) in [5.74, 6) is 1.14. The van der Waals surface area contributed by atoms with Crippen molar-refractivity contribution in [1.29, 1.82) is 0 Å². The van der Waals surface area contributed by atoms with Crippen LogP contribution in [0.2, 0.25) is 0 Å². The summed E-state index contributed by atoms with van der Waals surface area (Å²) < 4.78 is 1.90. The SMILES string of the molecule is Cc1ncn(-c2cc(NCCNC(=O)c3cnccn3)ncn2)c1C. The Morgan fingerprint density at radius 1 is 1.12 bits per heavy atom. The number of aromatic nitrogens is 6. The monoisotopic (exact) mass is 338 g/mol. The lowest BCUT2D eigenvalue weighted by molar-refractivity contribution is 0.0950. The molecule has 0 atom stereocenters. The van der Waals surface area contributed by atoms with Gasteiger partial charge in [0.1, 0.15) is 30.0 Å². The number of amides is 1. The van der Waals surface area contributed by atoms with Gasteiger partial charge in [-0.3, -0.25) is 14.3 Å². The molecule has 128 valence electrons. The molecule has 0 unspecified atom stereocenters. The van der Waals surface area contributed by atoms with Gasteiger partial charge in [-0.1, -0.05) is 0 Å². The molecule has 0 aromatic carbocycles. The molecule has 9 nitrogen and oxygen atoms in total. The zero-order valence-corrected chi connectivity index (χ0v) is 14.0. The number of carbonyl (C=O) groups excluding carboxylic acids is 1. The number of imidazole rings is 1. The lowest BCUT2D eigenvalue weighted by atomic mass is 10.4. The molecule has 0 aliphatic carbocycles. The Bertz CT molecular complexity index is 862. The van der Waals surface area contributed by atoms with Gasteiger partial charge < -0.3 is 10.6 Å². The highest BCUT2D eigenvalue weighted by molar-refractivity contribution is 5.91. The number of hydrogen-bond donors (Lipinski definition) is 2. The standard InChI is InChI=1S/C16H18N8O/c1-11-12(2)24(10-23-11)15-7-14(21-9-22-15)19-5-6-20-16(25)13-8-17-3-4-18-13/h3-4,7-10H,5-6H2,1-2H3,(H,20,25)(H,19,21,22). The van der Waals surface area contributed by atoms with Crippen molar-refractivity contribution in [3.8, 4) is 5.82 Å². The topological polar surface area (TPSA) is 111 Å². The maximum atomic E-state index is 11.9. The van der Waals surface area contributed by atoms with E-state index < -0.39 is 0 Å². The number of nitrogens with one attached hydrogen (secondary N) is 2. The highest BCUT2D eigenvalue weighted by Gasteiger charge is 2.08. The maximum absolute atomic E-state index is 11.9. The average Bonchev–Trinajstić information content (AvgIpc) is 2.98. The summed E-state index contributed by atoms with van der Waals surface area (Å²) in [5, 5.41) is 5.92. The van der Waals surface area contributed by atoms with E-state index in [1.165, 1.54) is 24.9 Å². The fraction of sp³-hybridized carbons (Fsp3) is 0.250. The zero-order chi connectivity index (χ0) is 17.6. The molecule has 0 radical (unpaired) electrons. The van der Waals surface area contributed by atoms with Crippen molar-refractivity contribution in [1.82, 2.24) is 34.8 Å². The molecule has 0 aliphatic heterocycles. The number of anilines is 1. The van der Waals surface area contributed by atoms with E-state index in [-0.39, 0.29) is 11.6 Å². The minimum absolute atomic E-state index is 0.261. The average molecular weight is 338 g/mol. The van der Waals surface area contributed by atoms with Gasteiger partial charge in [-0.2, -0.15) is 0 Å². The number of nitrogens with zero attached hydrogens (tertiary/aromatic N) is 6. The molecular formula is C16H18N8O. The summed E-state index contributed by atoms with van der Waals surface area (Å²) >= 11 is 0. The molecule has 3 rings (SSSR count). The first-order valence-corrected chi connectivity index (χ1v) is 7.76. The summed E-state index contributed by atoms with van der Waals surface area (Å²) in [7, 11) is 0. The predicted molar refractivity (Wildman–Crippen MR) is 91.5 cm³/mol. The normalized spacial score (nSPS) is 10.5. The third-order valence-corrected chi connectivity index (χ3v) is 3.66. The first-order chi connectivity index (χ1) is 12.1. The van der Waals surface area contributed by atoms with Gasteiger partial charge in [-0.05, 0) is 13.8 Å². The third kappa shape index (κ3) is 3.94. The maximum Gasteiger partial charge on any atom is 0.271 e. The van der Waals surface area contributed by atoms with Crippen molar-refractivity contribution < 1.29 is 4.79 Å². The molecule has 3 aromatic heterocycles. The van der Waals surface area contributed by atoms with E-state index in [4.69, 9.17) is 0 Å². The molecule has 3 aromatic rings.